The van der Waals surface area contributed by atoms with Gasteiger partial charge in [-0.25, -0.2) is 0 Å². The van der Waals surface area contributed by atoms with E-state index in [0.717, 1.165) is 25.0 Å². The topological polar surface area (TPSA) is 41.5 Å². The van der Waals surface area contributed by atoms with Crippen LogP contribution in [0.4, 0.5) is 0 Å². The maximum Gasteiger partial charge on any atom is 0.120 e. The van der Waals surface area contributed by atoms with Gasteiger partial charge >= 0.3 is 0 Å². The summed E-state index contributed by atoms with van der Waals surface area (Å²) in [5, 5.41) is 17.0. The van der Waals surface area contributed by atoms with Crippen molar-refractivity contribution < 1.29 is 9.84 Å². The summed E-state index contributed by atoms with van der Waals surface area (Å²) in [6, 6.07) is 17.2. The van der Waals surface area contributed by atoms with Gasteiger partial charge in [0.15, 0.2) is 0 Å². The molecule has 1 aliphatic rings. The highest BCUT2D eigenvalue weighted by Gasteiger charge is 2.18. The minimum atomic E-state index is -0.504. The van der Waals surface area contributed by atoms with E-state index in [1.54, 1.807) is 11.3 Å². The Labute approximate surface area is 164 Å². The zero-order chi connectivity index (χ0) is 17.1. The molecule has 0 saturated heterocycles. The van der Waals surface area contributed by atoms with Crippen LogP contribution in [0.5, 0.6) is 5.75 Å². The van der Waals surface area contributed by atoms with Crippen LogP contribution in [0.25, 0.3) is 10.1 Å². The van der Waals surface area contributed by atoms with Gasteiger partial charge in [0.25, 0.3) is 0 Å². The van der Waals surface area contributed by atoms with E-state index >= 15 is 0 Å². The molecule has 2 aromatic carbocycles. The highest BCUT2D eigenvalue weighted by molar-refractivity contribution is 7.17. The van der Waals surface area contributed by atoms with Crippen molar-refractivity contribution in [2.75, 3.05) is 13.2 Å². The second-order valence-electron chi connectivity index (χ2n) is 6.70. The lowest BCUT2D eigenvalue weighted by Gasteiger charge is -2.26. The highest BCUT2D eigenvalue weighted by Crippen LogP contribution is 2.25. The molecule has 1 aliphatic carbocycles. The van der Waals surface area contributed by atoms with Crippen LogP contribution < -0.4 is 10.1 Å². The van der Waals surface area contributed by atoms with E-state index in [9.17, 15) is 5.11 Å². The molecule has 2 unspecified atom stereocenters. The first-order chi connectivity index (χ1) is 12.3. The van der Waals surface area contributed by atoms with Crippen molar-refractivity contribution in [3.8, 4) is 5.75 Å². The van der Waals surface area contributed by atoms with Crippen LogP contribution in [0.3, 0.4) is 0 Å². The van der Waals surface area contributed by atoms with Gasteiger partial charge in [0.1, 0.15) is 18.5 Å². The Bertz CT molecular complexity index is 851. The summed E-state index contributed by atoms with van der Waals surface area (Å²) in [6.07, 6.45) is 2.77. The second kappa shape index (κ2) is 8.87. The molecule has 0 aliphatic heterocycles. The van der Waals surface area contributed by atoms with Crippen molar-refractivity contribution in [2.45, 2.75) is 31.4 Å². The Kier molecular flexibility index (Phi) is 6.54. The molecule has 2 N–H and O–H groups in total. The summed E-state index contributed by atoms with van der Waals surface area (Å²) in [5.74, 6) is 0.816. The van der Waals surface area contributed by atoms with E-state index in [2.05, 4.69) is 47.1 Å². The molecular formula is C21H24ClNO2S. The number of halogens is 1. The van der Waals surface area contributed by atoms with Crippen LogP contribution in [-0.4, -0.2) is 30.4 Å². The molecule has 1 aromatic heterocycles. The minimum absolute atomic E-state index is 0. The Balaban J connectivity index is 0.00000196. The van der Waals surface area contributed by atoms with Crippen LogP contribution >= 0.6 is 23.7 Å². The first kappa shape index (κ1) is 19.2. The largest absolute Gasteiger partial charge is 0.491 e. The average molecular weight is 390 g/mol. The van der Waals surface area contributed by atoms with Crippen LogP contribution in [0, 0.1) is 0 Å². The first-order valence-electron chi connectivity index (χ1n) is 8.86. The number of nitrogens with one attached hydrogen (secondary N) is 1. The maximum absolute atomic E-state index is 10.2. The molecule has 3 aromatic rings. The summed E-state index contributed by atoms with van der Waals surface area (Å²) in [7, 11) is 0. The van der Waals surface area contributed by atoms with Gasteiger partial charge in [0.05, 0.1) is 0 Å². The molecule has 0 amide bonds. The monoisotopic (exact) mass is 389 g/mol. The lowest BCUT2D eigenvalue weighted by Crippen LogP contribution is -2.40. The average Bonchev–Trinajstić information content (AvgIpc) is 3.12. The van der Waals surface area contributed by atoms with Gasteiger partial charge in [0, 0.05) is 17.3 Å². The van der Waals surface area contributed by atoms with Gasteiger partial charge in [-0.15, -0.1) is 23.7 Å². The zero-order valence-corrected chi connectivity index (χ0v) is 16.2. The van der Waals surface area contributed by atoms with Gasteiger partial charge in [0.2, 0.25) is 0 Å². The number of hydrogen-bond donors (Lipinski definition) is 2. The van der Waals surface area contributed by atoms with E-state index in [0.29, 0.717) is 19.2 Å². The van der Waals surface area contributed by atoms with Crippen molar-refractivity contribution in [3.63, 3.8) is 0 Å². The van der Waals surface area contributed by atoms with Crippen molar-refractivity contribution in [1.29, 1.82) is 0 Å². The summed E-state index contributed by atoms with van der Waals surface area (Å²) < 4.78 is 7.01. The smallest absolute Gasteiger partial charge is 0.120 e. The quantitative estimate of drug-likeness (QED) is 0.663. The molecule has 0 fully saturated rings. The Morgan fingerprint density at radius 2 is 2.00 bits per heavy atom. The molecule has 26 heavy (non-hydrogen) atoms. The van der Waals surface area contributed by atoms with Gasteiger partial charge in [-0.2, -0.15) is 0 Å². The van der Waals surface area contributed by atoms with Crippen LogP contribution in [0.15, 0.2) is 53.9 Å². The maximum atomic E-state index is 10.2. The zero-order valence-electron chi connectivity index (χ0n) is 14.6. The number of hydrogen-bond acceptors (Lipinski definition) is 4. The number of benzene rings is 2. The van der Waals surface area contributed by atoms with Gasteiger partial charge in [-0.05, 0) is 65.4 Å². The van der Waals surface area contributed by atoms with Crippen molar-refractivity contribution in [3.05, 3.63) is 65.0 Å². The predicted molar refractivity (Wildman–Crippen MR) is 111 cm³/mol. The molecule has 1 heterocycles. The highest BCUT2D eigenvalue weighted by atomic mass is 35.5. The number of fused-ring (bicyclic) bond motifs is 2. The van der Waals surface area contributed by atoms with E-state index in [-0.39, 0.29) is 12.4 Å². The fourth-order valence-corrected chi connectivity index (χ4v) is 4.23. The SMILES string of the molecule is Cl.OC(CNC1CCc2ccccc2C1)COc1ccc2sccc2c1. The van der Waals surface area contributed by atoms with Crippen LogP contribution in [0.2, 0.25) is 0 Å². The number of aliphatic hydroxyl groups excluding tert-OH is 1. The lowest BCUT2D eigenvalue weighted by molar-refractivity contribution is 0.103. The third kappa shape index (κ3) is 4.57. The van der Waals surface area contributed by atoms with Gasteiger partial charge < -0.3 is 15.2 Å². The lowest BCUT2D eigenvalue weighted by atomic mass is 9.88. The summed E-state index contributed by atoms with van der Waals surface area (Å²) in [4.78, 5) is 0. The molecule has 0 radical (unpaired) electrons. The number of aliphatic hydroxyl groups is 1. The Hall–Kier alpha value is -1.59. The molecule has 0 spiro atoms. The van der Waals surface area contributed by atoms with Crippen molar-refractivity contribution >= 4 is 33.8 Å². The molecule has 2 atom stereocenters. The molecule has 5 heteroatoms. The summed E-state index contributed by atoms with van der Waals surface area (Å²) in [6.45, 7) is 0.874. The number of thiophene rings is 1. The summed E-state index contributed by atoms with van der Waals surface area (Å²) in [5.41, 5.74) is 2.90. The minimum Gasteiger partial charge on any atom is -0.491 e. The first-order valence-corrected chi connectivity index (χ1v) is 9.74. The molecule has 4 rings (SSSR count). The van der Waals surface area contributed by atoms with Crippen molar-refractivity contribution in [2.24, 2.45) is 0 Å². The second-order valence-corrected chi connectivity index (χ2v) is 7.65. The van der Waals surface area contributed by atoms with Gasteiger partial charge in [-0.3, -0.25) is 0 Å². The molecule has 3 nitrogen and oxygen atoms in total. The number of rotatable bonds is 6. The fraction of sp³-hybridized carbons (Fsp3) is 0.333. The summed E-state index contributed by atoms with van der Waals surface area (Å²) >= 11 is 1.72. The Morgan fingerprint density at radius 1 is 1.15 bits per heavy atom. The Morgan fingerprint density at radius 3 is 2.88 bits per heavy atom. The third-order valence-corrected chi connectivity index (χ3v) is 5.75. The third-order valence-electron chi connectivity index (χ3n) is 4.86. The van der Waals surface area contributed by atoms with E-state index in [4.69, 9.17) is 4.74 Å². The van der Waals surface area contributed by atoms with Crippen LogP contribution in [0.1, 0.15) is 17.5 Å². The normalized spacial score (nSPS) is 17.3. The number of ether oxygens (including phenoxy) is 1. The van der Waals surface area contributed by atoms with E-state index in [1.807, 2.05) is 12.1 Å². The van der Waals surface area contributed by atoms with Crippen molar-refractivity contribution in [1.82, 2.24) is 5.32 Å². The van der Waals surface area contributed by atoms with E-state index in [1.165, 1.54) is 21.2 Å². The number of aryl methyl sites for hydroxylation is 1. The molecular weight excluding hydrogens is 366 g/mol. The molecule has 138 valence electrons. The molecule has 0 bridgehead atoms. The standard InChI is InChI=1S/C21H23NO2S.ClH/c23-19(14-24-20-7-8-21-17(12-20)9-10-25-21)13-22-18-6-5-15-3-1-2-4-16(15)11-18;/h1-4,7-10,12,18-19,22-23H,5-6,11,13-14H2;1H. The predicted octanol–water partition coefficient (Wildman–Crippen LogP) is 4.21. The fourth-order valence-electron chi connectivity index (χ4n) is 3.46. The van der Waals surface area contributed by atoms with Crippen LogP contribution in [-0.2, 0) is 12.8 Å². The van der Waals surface area contributed by atoms with E-state index < -0.39 is 6.10 Å². The molecule has 0 saturated carbocycles. The van der Waals surface area contributed by atoms with Gasteiger partial charge in [-0.1, -0.05) is 24.3 Å².